The summed E-state index contributed by atoms with van der Waals surface area (Å²) in [5.74, 6) is 0. The standard InChI is InChI=1S/C7H17BrN2/c1-10(2)7-3-5-9-6-4-8/h9H,3-7H2,1-2H3. The molecule has 62 valence electrons. The molecule has 0 bridgehead atoms. The molecule has 0 saturated heterocycles. The molecule has 0 amide bonds. The van der Waals surface area contributed by atoms with E-state index in [1.54, 1.807) is 0 Å². The van der Waals surface area contributed by atoms with Crippen molar-refractivity contribution in [2.24, 2.45) is 0 Å². The molecule has 0 aliphatic rings. The number of hydrogen-bond donors (Lipinski definition) is 1. The molecule has 0 aliphatic carbocycles. The van der Waals surface area contributed by atoms with Crippen LogP contribution in [0.25, 0.3) is 0 Å². The normalized spacial score (nSPS) is 10.8. The van der Waals surface area contributed by atoms with Crippen molar-refractivity contribution in [1.29, 1.82) is 0 Å². The van der Waals surface area contributed by atoms with Crippen LogP contribution in [0.5, 0.6) is 0 Å². The lowest BCUT2D eigenvalue weighted by Crippen LogP contribution is -2.22. The number of hydrogen-bond acceptors (Lipinski definition) is 2. The van der Waals surface area contributed by atoms with Gasteiger partial charge in [-0.1, -0.05) is 15.9 Å². The Morgan fingerprint density at radius 2 is 2.00 bits per heavy atom. The van der Waals surface area contributed by atoms with Gasteiger partial charge in [-0.2, -0.15) is 0 Å². The Kier molecular flexibility index (Phi) is 7.81. The van der Waals surface area contributed by atoms with E-state index in [1.807, 2.05) is 0 Å². The fourth-order valence-electron chi connectivity index (χ4n) is 0.712. The molecule has 0 spiro atoms. The first-order chi connectivity index (χ1) is 4.77. The summed E-state index contributed by atoms with van der Waals surface area (Å²) in [6.07, 6.45) is 1.24. The number of rotatable bonds is 6. The van der Waals surface area contributed by atoms with E-state index in [-0.39, 0.29) is 0 Å². The van der Waals surface area contributed by atoms with Crippen molar-refractivity contribution in [3.8, 4) is 0 Å². The Labute approximate surface area is 72.1 Å². The zero-order chi connectivity index (χ0) is 7.82. The zero-order valence-electron chi connectivity index (χ0n) is 6.86. The van der Waals surface area contributed by atoms with Crippen molar-refractivity contribution in [3.63, 3.8) is 0 Å². The van der Waals surface area contributed by atoms with Gasteiger partial charge in [0.1, 0.15) is 0 Å². The summed E-state index contributed by atoms with van der Waals surface area (Å²) in [5.41, 5.74) is 0. The third-order valence-electron chi connectivity index (χ3n) is 1.23. The highest BCUT2D eigenvalue weighted by Crippen LogP contribution is 1.81. The Bertz CT molecular complexity index is 66.6. The summed E-state index contributed by atoms with van der Waals surface area (Å²) < 4.78 is 0. The summed E-state index contributed by atoms with van der Waals surface area (Å²) in [6.45, 7) is 3.38. The first kappa shape index (κ1) is 10.4. The summed E-state index contributed by atoms with van der Waals surface area (Å²) in [7, 11) is 4.20. The zero-order valence-corrected chi connectivity index (χ0v) is 8.45. The largest absolute Gasteiger partial charge is 0.316 e. The minimum Gasteiger partial charge on any atom is -0.316 e. The van der Waals surface area contributed by atoms with E-state index >= 15 is 0 Å². The molecular weight excluding hydrogens is 192 g/mol. The van der Waals surface area contributed by atoms with Crippen molar-refractivity contribution < 1.29 is 0 Å². The molecule has 0 atom stereocenters. The van der Waals surface area contributed by atoms with Crippen molar-refractivity contribution >= 4 is 15.9 Å². The maximum Gasteiger partial charge on any atom is 0.0157 e. The van der Waals surface area contributed by atoms with Gasteiger partial charge < -0.3 is 10.2 Å². The van der Waals surface area contributed by atoms with Gasteiger partial charge in [-0.3, -0.25) is 0 Å². The van der Waals surface area contributed by atoms with E-state index in [2.05, 4.69) is 40.2 Å². The van der Waals surface area contributed by atoms with Crippen LogP contribution in [0.1, 0.15) is 6.42 Å². The molecule has 0 aromatic rings. The van der Waals surface area contributed by atoms with Crippen molar-refractivity contribution in [2.75, 3.05) is 39.1 Å². The second kappa shape index (κ2) is 7.51. The van der Waals surface area contributed by atoms with E-state index < -0.39 is 0 Å². The number of halogens is 1. The number of alkyl halides is 1. The Hall–Kier alpha value is 0.400. The van der Waals surface area contributed by atoms with Gasteiger partial charge in [0.15, 0.2) is 0 Å². The summed E-state index contributed by atoms with van der Waals surface area (Å²) in [4.78, 5) is 2.20. The summed E-state index contributed by atoms with van der Waals surface area (Å²) in [6, 6.07) is 0. The van der Waals surface area contributed by atoms with E-state index in [9.17, 15) is 0 Å². The molecule has 0 saturated carbocycles. The molecule has 0 aromatic heterocycles. The third kappa shape index (κ3) is 8.40. The van der Waals surface area contributed by atoms with E-state index in [0.717, 1.165) is 18.4 Å². The first-order valence-corrected chi connectivity index (χ1v) is 4.81. The van der Waals surface area contributed by atoms with Crippen LogP contribution >= 0.6 is 15.9 Å². The van der Waals surface area contributed by atoms with Crippen molar-refractivity contribution in [1.82, 2.24) is 10.2 Å². The molecule has 0 heterocycles. The van der Waals surface area contributed by atoms with Crippen LogP contribution in [-0.2, 0) is 0 Å². The lowest BCUT2D eigenvalue weighted by Gasteiger charge is -2.08. The highest BCUT2D eigenvalue weighted by molar-refractivity contribution is 9.09. The third-order valence-corrected chi connectivity index (χ3v) is 1.63. The van der Waals surface area contributed by atoms with Gasteiger partial charge in [0.05, 0.1) is 0 Å². The molecule has 0 aliphatic heterocycles. The van der Waals surface area contributed by atoms with Crippen molar-refractivity contribution in [2.45, 2.75) is 6.42 Å². The summed E-state index contributed by atoms with van der Waals surface area (Å²) >= 11 is 3.36. The second-order valence-electron chi connectivity index (χ2n) is 2.60. The number of nitrogens with zero attached hydrogens (tertiary/aromatic N) is 1. The van der Waals surface area contributed by atoms with Gasteiger partial charge in [0.25, 0.3) is 0 Å². The van der Waals surface area contributed by atoms with Crippen LogP contribution < -0.4 is 5.32 Å². The molecule has 2 nitrogen and oxygen atoms in total. The molecule has 0 unspecified atom stereocenters. The van der Waals surface area contributed by atoms with Crippen LogP contribution in [-0.4, -0.2) is 44.0 Å². The van der Waals surface area contributed by atoms with E-state index in [0.29, 0.717) is 0 Å². The van der Waals surface area contributed by atoms with Gasteiger partial charge in [-0.15, -0.1) is 0 Å². The average molecular weight is 209 g/mol. The lowest BCUT2D eigenvalue weighted by molar-refractivity contribution is 0.396. The van der Waals surface area contributed by atoms with Gasteiger partial charge in [-0.05, 0) is 33.6 Å². The quantitative estimate of drug-likeness (QED) is 0.517. The molecule has 0 radical (unpaired) electrons. The summed E-state index contributed by atoms with van der Waals surface area (Å²) in [5, 5.41) is 4.37. The minimum atomic E-state index is 1.05. The molecular formula is C7H17BrN2. The molecule has 0 fully saturated rings. The molecule has 0 aromatic carbocycles. The Morgan fingerprint density at radius 3 is 2.50 bits per heavy atom. The van der Waals surface area contributed by atoms with Gasteiger partial charge in [0, 0.05) is 11.9 Å². The molecule has 0 rings (SSSR count). The van der Waals surface area contributed by atoms with Gasteiger partial charge in [-0.25, -0.2) is 0 Å². The van der Waals surface area contributed by atoms with Crippen molar-refractivity contribution in [3.05, 3.63) is 0 Å². The predicted molar refractivity (Wildman–Crippen MR) is 49.8 cm³/mol. The topological polar surface area (TPSA) is 15.3 Å². The van der Waals surface area contributed by atoms with Gasteiger partial charge in [0.2, 0.25) is 0 Å². The maximum absolute atomic E-state index is 3.36. The minimum absolute atomic E-state index is 1.05. The molecule has 1 N–H and O–H groups in total. The fourth-order valence-corrected chi connectivity index (χ4v) is 0.992. The highest BCUT2D eigenvalue weighted by Gasteiger charge is 1.88. The van der Waals surface area contributed by atoms with E-state index in [1.165, 1.54) is 13.0 Å². The van der Waals surface area contributed by atoms with Crippen LogP contribution in [0, 0.1) is 0 Å². The predicted octanol–water partition coefficient (Wildman–Crippen LogP) is 0.923. The second-order valence-corrected chi connectivity index (χ2v) is 3.39. The highest BCUT2D eigenvalue weighted by atomic mass is 79.9. The Morgan fingerprint density at radius 1 is 1.30 bits per heavy atom. The number of nitrogens with one attached hydrogen (secondary N) is 1. The van der Waals surface area contributed by atoms with Crippen LogP contribution in [0.4, 0.5) is 0 Å². The monoisotopic (exact) mass is 208 g/mol. The first-order valence-electron chi connectivity index (χ1n) is 3.69. The molecule has 3 heteroatoms. The molecule has 10 heavy (non-hydrogen) atoms. The van der Waals surface area contributed by atoms with Crippen LogP contribution in [0.15, 0.2) is 0 Å². The Balaban J connectivity index is 2.77. The van der Waals surface area contributed by atoms with Crippen LogP contribution in [0.3, 0.4) is 0 Å². The fraction of sp³-hybridized carbons (Fsp3) is 1.00. The smallest absolute Gasteiger partial charge is 0.0157 e. The maximum atomic E-state index is 3.36. The average Bonchev–Trinajstić information content (AvgIpc) is 1.87. The van der Waals surface area contributed by atoms with E-state index in [4.69, 9.17) is 0 Å². The lowest BCUT2D eigenvalue weighted by atomic mass is 10.4. The van der Waals surface area contributed by atoms with Crippen LogP contribution in [0.2, 0.25) is 0 Å². The SMILES string of the molecule is CN(C)CCCNCCBr. The van der Waals surface area contributed by atoms with Gasteiger partial charge >= 0.3 is 0 Å².